The number of H-pyrrole nitrogens is 2. The van der Waals surface area contributed by atoms with E-state index in [1.54, 1.807) is 0 Å². The van der Waals surface area contributed by atoms with E-state index in [9.17, 15) is 19.2 Å². The highest BCUT2D eigenvalue weighted by molar-refractivity contribution is 5.87. The molecule has 10 atom stereocenters. The summed E-state index contributed by atoms with van der Waals surface area (Å²) >= 11 is 0. The first kappa shape index (κ1) is 49.8. The quantitative estimate of drug-likeness (QED) is 0.0892. The third-order valence-corrected chi connectivity index (χ3v) is 16.5. The fourth-order valence-corrected chi connectivity index (χ4v) is 12.8. The first-order valence-electron chi connectivity index (χ1n) is 26.7. The van der Waals surface area contributed by atoms with Crippen molar-refractivity contribution in [3.05, 3.63) is 72.6 Å². The van der Waals surface area contributed by atoms with Crippen LogP contribution in [0.4, 0.5) is 9.59 Å². The van der Waals surface area contributed by atoms with Crippen molar-refractivity contribution in [2.24, 2.45) is 35.5 Å². The van der Waals surface area contributed by atoms with Gasteiger partial charge in [-0.2, -0.15) is 0 Å². The molecular weight excluding hydrogens is 913 g/mol. The highest BCUT2D eigenvalue weighted by Crippen LogP contribution is 2.46. The number of imidazole rings is 2. The van der Waals surface area contributed by atoms with E-state index in [-0.39, 0.29) is 60.1 Å². The van der Waals surface area contributed by atoms with Crippen molar-refractivity contribution in [3.8, 4) is 33.6 Å². The normalized spacial score (nSPS) is 29.4. The van der Waals surface area contributed by atoms with Gasteiger partial charge in [0.1, 0.15) is 23.7 Å². The highest BCUT2D eigenvalue weighted by Gasteiger charge is 2.47. The Kier molecular flexibility index (Phi) is 14.8. The fourth-order valence-electron chi connectivity index (χ4n) is 12.8. The molecule has 10 rings (SSSR count). The first-order valence-corrected chi connectivity index (χ1v) is 26.7. The molecule has 4 N–H and O–H groups in total. The summed E-state index contributed by atoms with van der Waals surface area (Å²) in [5.41, 5.74) is 5.86. The summed E-state index contributed by atoms with van der Waals surface area (Å²) in [6.07, 6.45) is 14.0. The molecule has 6 aliphatic rings. The number of carbonyl (C=O) groups excluding carboxylic acids is 4. The summed E-state index contributed by atoms with van der Waals surface area (Å²) in [5.74, 6) is 3.34. The Morgan fingerprint density at radius 3 is 1.24 bits per heavy atom. The lowest BCUT2D eigenvalue weighted by Crippen LogP contribution is -2.54. The second-order valence-electron chi connectivity index (χ2n) is 22.3. The van der Waals surface area contributed by atoms with Crippen molar-refractivity contribution in [2.45, 2.75) is 153 Å². The van der Waals surface area contributed by atoms with Crippen LogP contribution in [0.15, 0.2) is 60.9 Å². The second-order valence-corrected chi connectivity index (χ2v) is 22.3. The Balaban J connectivity index is 0.827. The third kappa shape index (κ3) is 11.4. The second kappa shape index (κ2) is 21.4. The van der Waals surface area contributed by atoms with Gasteiger partial charge in [-0.1, -0.05) is 74.2 Å². The number of aromatic nitrogens is 4. The van der Waals surface area contributed by atoms with Crippen LogP contribution in [-0.2, 0) is 28.5 Å². The molecule has 16 nitrogen and oxygen atoms in total. The maximum Gasteiger partial charge on any atom is 0.407 e. The van der Waals surface area contributed by atoms with E-state index in [4.69, 9.17) is 28.9 Å². The van der Waals surface area contributed by atoms with Gasteiger partial charge in [0, 0.05) is 13.1 Å². The summed E-state index contributed by atoms with van der Waals surface area (Å²) in [6.45, 7) is 9.37. The van der Waals surface area contributed by atoms with E-state index >= 15 is 0 Å². The number of rotatable bonds is 15. The van der Waals surface area contributed by atoms with E-state index in [0.29, 0.717) is 50.6 Å². The Morgan fingerprint density at radius 1 is 0.556 bits per heavy atom. The van der Waals surface area contributed by atoms with Crippen molar-refractivity contribution >= 4 is 24.0 Å². The molecule has 4 aliphatic heterocycles. The zero-order valence-corrected chi connectivity index (χ0v) is 42.8. The number of aromatic amines is 2. The van der Waals surface area contributed by atoms with Crippen LogP contribution in [0.1, 0.15) is 128 Å². The van der Waals surface area contributed by atoms with Gasteiger partial charge < -0.3 is 49.3 Å². The highest BCUT2D eigenvalue weighted by atomic mass is 16.5. The summed E-state index contributed by atoms with van der Waals surface area (Å²) in [7, 11) is 2.67. The van der Waals surface area contributed by atoms with Gasteiger partial charge in [0.15, 0.2) is 0 Å². The summed E-state index contributed by atoms with van der Waals surface area (Å²) in [4.78, 5) is 75.6. The van der Waals surface area contributed by atoms with E-state index in [1.165, 1.54) is 39.9 Å². The number of hydrogen-bond acceptors (Lipinski definition) is 10. The van der Waals surface area contributed by atoms with Crippen molar-refractivity contribution in [1.82, 2.24) is 40.4 Å². The molecule has 0 radical (unpaired) electrons. The predicted molar refractivity (Wildman–Crippen MR) is 271 cm³/mol. The SMILES string of the molecule is COC(=O)N[C@H](C(=O)N1C[C@H](CC2CC2)C[C@H]1c1ncc(-c2ccc(-c3ccc(-c4cnc([C@@H]5C[C@@H](CC6CC6)CN5C(=O)[C@@H](NC(=O)OC)C5C[C@@H](C)O[C@H](C)C5)[nH]4)cc3)cc2)[nH]1)C1C[C@@H](C)O[C@H](C)C1. The molecule has 0 spiro atoms. The van der Waals surface area contributed by atoms with Crippen LogP contribution in [0.5, 0.6) is 0 Å². The first-order chi connectivity index (χ1) is 34.8. The van der Waals surface area contributed by atoms with Crippen LogP contribution in [0.2, 0.25) is 0 Å². The average molecular weight is 987 g/mol. The maximum absolute atomic E-state index is 14.7. The van der Waals surface area contributed by atoms with E-state index in [0.717, 1.165) is 82.8 Å². The van der Waals surface area contributed by atoms with Gasteiger partial charge in [-0.15, -0.1) is 0 Å². The number of carbonyl (C=O) groups is 4. The van der Waals surface area contributed by atoms with Crippen LogP contribution in [-0.4, -0.2) is 118 Å². The number of alkyl carbamates (subject to hydrolysis) is 2. The lowest BCUT2D eigenvalue weighted by atomic mass is 9.85. The topological polar surface area (TPSA) is 193 Å². The van der Waals surface area contributed by atoms with Gasteiger partial charge in [-0.05, 0) is 137 Å². The molecule has 6 fully saturated rings. The van der Waals surface area contributed by atoms with Gasteiger partial charge in [-0.3, -0.25) is 9.59 Å². The maximum atomic E-state index is 14.7. The summed E-state index contributed by atoms with van der Waals surface area (Å²) in [6, 6.07) is 14.9. The number of methoxy groups -OCH3 is 2. The molecule has 2 aromatic heterocycles. The number of nitrogens with one attached hydrogen (secondary N) is 4. The van der Waals surface area contributed by atoms with Crippen molar-refractivity contribution < 1.29 is 38.1 Å². The van der Waals surface area contributed by atoms with Gasteiger partial charge in [0.2, 0.25) is 11.8 Å². The standard InChI is InChI=1S/C56H74N8O8/c1-31-19-43(20-32(2)71-31)49(61-55(67)69-5)53(65)63-29-37(23-35-7-8-35)25-47(63)51-57-27-45(59-51)41-15-11-39(12-16-41)40-13-17-42(18-14-40)46-28-58-52(60-46)48-26-38(24-36-9-10-36)30-64(48)54(66)50(62-56(68)70-6)44-21-33(3)72-34(4)22-44/h11-18,27-28,31-38,43-44,47-50H,7-10,19-26,29-30H2,1-6H3,(H,57,59)(H,58,60)(H,61,67)(H,62,68)/t31-,32-,33-,34-,37-,38-,47+,48+,49+,50+/m1/s1. The van der Waals surface area contributed by atoms with Crippen molar-refractivity contribution in [2.75, 3.05) is 27.3 Å². The number of amides is 4. The lowest BCUT2D eigenvalue weighted by molar-refractivity contribution is -0.139. The van der Waals surface area contributed by atoms with Gasteiger partial charge in [0.05, 0.1) is 74.5 Å². The third-order valence-electron chi connectivity index (χ3n) is 16.5. The number of hydrogen-bond donors (Lipinski definition) is 4. The summed E-state index contributed by atoms with van der Waals surface area (Å²) in [5, 5.41) is 5.86. The Bertz CT molecular complexity index is 2340. The minimum absolute atomic E-state index is 0.0190. The van der Waals surface area contributed by atoms with E-state index in [1.807, 2.05) is 49.9 Å². The van der Waals surface area contributed by atoms with Crippen molar-refractivity contribution in [3.63, 3.8) is 0 Å². The minimum Gasteiger partial charge on any atom is -0.453 e. The van der Waals surface area contributed by atoms with Gasteiger partial charge in [-0.25, -0.2) is 19.6 Å². The molecule has 2 aliphatic carbocycles. The Morgan fingerprint density at radius 2 is 0.903 bits per heavy atom. The van der Waals surface area contributed by atoms with Crippen LogP contribution in [0.3, 0.4) is 0 Å². The number of ether oxygens (including phenoxy) is 4. The molecule has 386 valence electrons. The average Bonchev–Trinajstić information content (AvgIpc) is 4.08. The number of likely N-dealkylation sites (tertiary alicyclic amines) is 2. The van der Waals surface area contributed by atoms with Crippen LogP contribution in [0, 0.1) is 35.5 Å². The zero-order valence-electron chi connectivity index (χ0n) is 42.8. The molecule has 2 saturated carbocycles. The number of benzene rings is 2. The molecule has 4 amide bonds. The lowest BCUT2D eigenvalue weighted by Gasteiger charge is -2.38. The van der Waals surface area contributed by atoms with E-state index in [2.05, 4.69) is 69.1 Å². The number of nitrogens with zero attached hydrogens (tertiary/aromatic N) is 4. The molecule has 4 aromatic rings. The molecule has 0 bridgehead atoms. The zero-order chi connectivity index (χ0) is 50.2. The Labute approximate surface area is 423 Å². The fraction of sp³-hybridized carbons (Fsp3) is 0.607. The smallest absolute Gasteiger partial charge is 0.407 e. The largest absolute Gasteiger partial charge is 0.453 e. The molecule has 4 saturated heterocycles. The predicted octanol–water partition coefficient (Wildman–Crippen LogP) is 9.37. The van der Waals surface area contributed by atoms with E-state index < -0.39 is 24.3 Å². The van der Waals surface area contributed by atoms with Crippen LogP contribution < -0.4 is 10.6 Å². The molecular formula is C56H74N8O8. The Hall–Kier alpha value is -5.74. The summed E-state index contributed by atoms with van der Waals surface area (Å²) < 4.78 is 22.1. The molecule has 0 unspecified atom stereocenters. The molecule has 6 heterocycles. The van der Waals surface area contributed by atoms with Crippen molar-refractivity contribution in [1.29, 1.82) is 0 Å². The molecule has 16 heteroatoms. The van der Waals surface area contributed by atoms with Gasteiger partial charge >= 0.3 is 12.2 Å². The molecule has 72 heavy (non-hydrogen) atoms. The van der Waals surface area contributed by atoms with Gasteiger partial charge in [0.25, 0.3) is 0 Å². The molecule has 2 aromatic carbocycles. The van der Waals surface area contributed by atoms with Crippen LogP contribution in [0.25, 0.3) is 33.6 Å². The minimum atomic E-state index is -0.723. The van der Waals surface area contributed by atoms with Crippen LogP contribution >= 0.6 is 0 Å². The monoisotopic (exact) mass is 987 g/mol.